The van der Waals surface area contributed by atoms with E-state index in [0.717, 1.165) is 46.3 Å². The van der Waals surface area contributed by atoms with Crippen LogP contribution in [0.2, 0.25) is 0 Å². The predicted octanol–water partition coefficient (Wildman–Crippen LogP) is 4.73. The molecule has 1 unspecified atom stereocenters. The number of anilines is 2. The van der Waals surface area contributed by atoms with Gasteiger partial charge in [0.05, 0.1) is 11.6 Å². The smallest absolute Gasteiger partial charge is 0.321 e. The Bertz CT molecular complexity index is 982. The molecule has 1 saturated heterocycles. The highest BCUT2D eigenvalue weighted by atomic mass is 79.9. The summed E-state index contributed by atoms with van der Waals surface area (Å²) in [5.74, 6) is 0. The summed E-state index contributed by atoms with van der Waals surface area (Å²) in [4.78, 5) is 16.7. The van der Waals surface area contributed by atoms with Gasteiger partial charge in [0.25, 0.3) is 0 Å². The summed E-state index contributed by atoms with van der Waals surface area (Å²) in [5, 5.41) is 8.81. The van der Waals surface area contributed by atoms with Crippen molar-refractivity contribution < 1.29 is 4.79 Å². The van der Waals surface area contributed by atoms with E-state index in [2.05, 4.69) is 43.2 Å². The van der Waals surface area contributed by atoms with Gasteiger partial charge in [-0.3, -0.25) is 4.68 Å². The van der Waals surface area contributed by atoms with Crippen LogP contribution in [-0.2, 0) is 0 Å². The van der Waals surface area contributed by atoms with Gasteiger partial charge in [0.1, 0.15) is 4.60 Å². The molecule has 2 heterocycles. The number of carbonyl (C=O) groups is 1. The molecule has 0 aliphatic carbocycles. The van der Waals surface area contributed by atoms with Crippen LogP contribution in [-0.4, -0.2) is 47.9 Å². The van der Waals surface area contributed by atoms with Crippen LogP contribution in [0, 0.1) is 0 Å². The standard InChI is InChI=1S/C21H24BrN5O/c1-25(2)16-11-9-15(10-12-16)23-21(28)26-13-5-6-17(14-26)27-19-8-4-3-7-18(19)20(22)24-27/h3-4,7-12,17H,5-6,13-14H2,1-2H3,(H,23,28). The van der Waals surface area contributed by atoms with E-state index < -0.39 is 0 Å². The van der Waals surface area contributed by atoms with Crippen LogP contribution < -0.4 is 10.2 Å². The van der Waals surface area contributed by atoms with Gasteiger partial charge in [-0.25, -0.2) is 4.79 Å². The molecule has 1 aliphatic rings. The lowest BCUT2D eigenvalue weighted by Crippen LogP contribution is -2.43. The molecule has 1 N–H and O–H groups in total. The Morgan fingerprint density at radius 3 is 2.68 bits per heavy atom. The topological polar surface area (TPSA) is 53.4 Å². The Morgan fingerprint density at radius 1 is 1.18 bits per heavy atom. The van der Waals surface area contributed by atoms with Crippen LogP contribution in [0.25, 0.3) is 10.9 Å². The van der Waals surface area contributed by atoms with Gasteiger partial charge in [-0.15, -0.1) is 0 Å². The van der Waals surface area contributed by atoms with Crippen LogP contribution in [0.15, 0.2) is 53.1 Å². The second-order valence-electron chi connectivity index (χ2n) is 7.37. The van der Waals surface area contributed by atoms with Crippen molar-refractivity contribution in [1.82, 2.24) is 14.7 Å². The third-order valence-electron chi connectivity index (χ3n) is 5.23. The summed E-state index contributed by atoms with van der Waals surface area (Å²) in [7, 11) is 4.00. The van der Waals surface area contributed by atoms with Crippen molar-refractivity contribution in [1.29, 1.82) is 0 Å². The largest absolute Gasteiger partial charge is 0.378 e. The average Bonchev–Trinajstić information content (AvgIpc) is 3.05. The first kappa shape index (κ1) is 18.8. The molecular formula is C21H24BrN5O. The van der Waals surface area contributed by atoms with Crippen molar-refractivity contribution >= 4 is 44.2 Å². The van der Waals surface area contributed by atoms with Crippen LogP contribution in [0.4, 0.5) is 16.2 Å². The number of nitrogens with zero attached hydrogens (tertiary/aromatic N) is 4. The lowest BCUT2D eigenvalue weighted by atomic mass is 10.1. The van der Waals surface area contributed by atoms with Gasteiger partial charge in [-0.2, -0.15) is 5.10 Å². The van der Waals surface area contributed by atoms with Crippen molar-refractivity contribution in [3.05, 3.63) is 53.1 Å². The number of aromatic nitrogens is 2. The van der Waals surface area contributed by atoms with E-state index in [-0.39, 0.29) is 12.1 Å². The first-order valence-corrected chi connectivity index (χ1v) is 10.3. The molecule has 4 rings (SSSR count). The Kier molecular flexibility index (Phi) is 5.26. The van der Waals surface area contributed by atoms with Crippen molar-refractivity contribution in [3.63, 3.8) is 0 Å². The first-order chi connectivity index (χ1) is 13.5. The molecule has 0 radical (unpaired) electrons. The SMILES string of the molecule is CN(C)c1ccc(NC(=O)N2CCCC(n3nc(Br)c4ccccc43)C2)cc1. The molecule has 1 atom stereocenters. The molecule has 1 fully saturated rings. The van der Waals surface area contributed by atoms with Gasteiger partial charge in [-0.1, -0.05) is 18.2 Å². The quantitative estimate of drug-likeness (QED) is 0.638. The number of likely N-dealkylation sites (tertiary alicyclic amines) is 1. The number of halogens is 1. The summed E-state index contributed by atoms with van der Waals surface area (Å²) in [6.07, 6.45) is 1.98. The first-order valence-electron chi connectivity index (χ1n) is 9.49. The second kappa shape index (κ2) is 7.83. The maximum absolute atomic E-state index is 12.8. The van der Waals surface area contributed by atoms with Gasteiger partial charge in [0.15, 0.2) is 0 Å². The molecule has 0 bridgehead atoms. The molecule has 6 nitrogen and oxygen atoms in total. The number of nitrogens with one attached hydrogen (secondary N) is 1. The zero-order chi connectivity index (χ0) is 19.7. The fourth-order valence-corrected chi connectivity index (χ4v) is 4.22. The summed E-state index contributed by atoms with van der Waals surface area (Å²) in [6, 6.07) is 16.2. The minimum Gasteiger partial charge on any atom is -0.378 e. The molecule has 0 saturated carbocycles. The fourth-order valence-electron chi connectivity index (χ4n) is 3.71. The number of fused-ring (bicyclic) bond motifs is 1. The minimum atomic E-state index is -0.0576. The lowest BCUT2D eigenvalue weighted by molar-refractivity contribution is 0.176. The number of hydrogen-bond acceptors (Lipinski definition) is 3. The van der Waals surface area contributed by atoms with Crippen molar-refractivity contribution in [2.45, 2.75) is 18.9 Å². The van der Waals surface area contributed by atoms with E-state index in [1.165, 1.54) is 0 Å². The number of rotatable bonds is 3. The van der Waals surface area contributed by atoms with Crippen LogP contribution in [0.5, 0.6) is 0 Å². The molecule has 28 heavy (non-hydrogen) atoms. The number of benzene rings is 2. The van der Waals surface area contributed by atoms with Crippen LogP contribution in [0.1, 0.15) is 18.9 Å². The molecule has 7 heteroatoms. The number of hydrogen-bond donors (Lipinski definition) is 1. The molecule has 146 valence electrons. The normalized spacial score (nSPS) is 17.0. The van der Waals surface area contributed by atoms with Crippen molar-refractivity contribution in [3.8, 4) is 0 Å². The summed E-state index contributed by atoms with van der Waals surface area (Å²) >= 11 is 3.56. The Labute approximate surface area is 173 Å². The number of amides is 2. The minimum absolute atomic E-state index is 0.0576. The molecule has 1 aromatic heterocycles. The highest BCUT2D eigenvalue weighted by Crippen LogP contribution is 2.30. The average molecular weight is 442 g/mol. The van der Waals surface area contributed by atoms with Gasteiger partial charge >= 0.3 is 6.03 Å². The van der Waals surface area contributed by atoms with Gasteiger partial charge < -0.3 is 15.1 Å². The fraction of sp³-hybridized carbons (Fsp3) is 0.333. The van der Waals surface area contributed by atoms with Gasteiger partial charge in [0, 0.05) is 43.9 Å². The summed E-state index contributed by atoms with van der Waals surface area (Å²) in [5.41, 5.74) is 3.01. The lowest BCUT2D eigenvalue weighted by Gasteiger charge is -2.33. The Hall–Kier alpha value is -2.54. The molecule has 0 spiro atoms. The zero-order valence-corrected chi connectivity index (χ0v) is 17.7. The number of urea groups is 1. The Balaban J connectivity index is 1.48. The molecule has 1 aliphatic heterocycles. The number of para-hydroxylation sites is 1. The van der Waals surface area contributed by atoms with E-state index in [0.29, 0.717) is 6.54 Å². The predicted molar refractivity (Wildman–Crippen MR) is 117 cm³/mol. The second-order valence-corrected chi connectivity index (χ2v) is 8.12. The third-order valence-corrected chi connectivity index (χ3v) is 5.82. The third kappa shape index (κ3) is 3.71. The van der Waals surface area contributed by atoms with E-state index >= 15 is 0 Å². The Morgan fingerprint density at radius 2 is 1.93 bits per heavy atom. The maximum atomic E-state index is 12.8. The summed E-state index contributed by atoms with van der Waals surface area (Å²) < 4.78 is 2.91. The van der Waals surface area contributed by atoms with E-state index in [9.17, 15) is 4.79 Å². The monoisotopic (exact) mass is 441 g/mol. The molecule has 3 aromatic rings. The van der Waals surface area contributed by atoms with E-state index in [1.54, 1.807) is 0 Å². The van der Waals surface area contributed by atoms with Gasteiger partial charge in [-0.05, 0) is 59.1 Å². The van der Waals surface area contributed by atoms with Crippen LogP contribution >= 0.6 is 15.9 Å². The highest BCUT2D eigenvalue weighted by Gasteiger charge is 2.27. The summed E-state index contributed by atoms with van der Waals surface area (Å²) in [6.45, 7) is 1.41. The van der Waals surface area contributed by atoms with Crippen molar-refractivity contribution in [2.24, 2.45) is 0 Å². The molecular weight excluding hydrogens is 418 g/mol. The number of carbonyl (C=O) groups excluding carboxylic acids is 1. The van der Waals surface area contributed by atoms with E-state index in [4.69, 9.17) is 0 Å². The maximum Gasteiger partial charge on any atom is 0.321 e. The zero-order valence-electron chi connectivity index (χ0n) is 16.1. The number of piperidine rings is 1. The molecule has 2 amide bonds. The van der Waals surface area contributed by atoms with Crippen LogP contribution in [0.3, 0.4) is 0 Å². The highest BCUT2D eigenvalue weighted by molar-refractivity contribution is 9.10. The molecule has 2 aromatic carbocycles. The van der Waals surface area contributed by atoms with Gasteiger partial charge in [0.2, 0.25) is 0 Å². The van der Waals surface area contributed by atoms with E-state index in [1.807, 2.05) is 60.3 Å². The van der Waals surface area contributed by atoms with Crippen molar-refractivity contribution in [2.75, 3.05) is 37.4 Å².